The minimum atomic E-state index is 0.906. The third kappa shape index (κ3) is 3.66. The molecule has 88 valence electrons. The summed E-state index contributed by atoms with van der Waals surface area (Å²) in [7, 11) is 0. The third-order valence-corrected chi connectivity index (χ3v) is 3.98. The van der Waals surface area contributed by atoms with Gasteiger partial charge in [0.25, 0.3) is 0 Å². The first-order valence-electron chi connectivity index (χ1n) is 6.88. The zero-order chi connectivity index (χ0) is 11.2. The van der Waals surface area contributed by atoms with E-state index in [1.54, 1.807) is 0 Å². The third-order valence-electron chi connectivity index (χ3n) is 3.98. The van der Waals surface area contributed by atoms with Gasteiger partial charge >= 0.3 is 0 Å². The maximum absolute atomic E-state index is 2.43. The van der Waals surface area contributed by atoms with E-state index in [9.17, 15) is 0 Å². The Morgan fingerprint density at radius 3 is 2.50 bits per heavy atom. The smallest absolute Gasteiger partial charge is 0.0276 e. The van der Waals surface area contributed by atoms with Crippen LogP contribution >= 0.6 is 0 Å². The van der Waals surface area contributed by atoms with Crippen LogP contribution in [0.15, 0.2) is 30.3 Å². The molecule has 0 spiro atoms. The van der Waals surface area contributed by atoms with Crippen molar-refractivity contribution in [1.82, 2.24) is 0 Å². The molecule has 0 aliphatic heterocycles. The summed E-state index contributed by atoms with van der Waals surface area (Å²) >= 11 is 0. The number of hydrogen-bond donors (Lipinski definition) is 0. The molecule has 1 aliphatic rings. The monoisotopic (exact) mass is 216 g/mol. The highest BCUT2D eigenvalue weighted by atomic mass is 14.2. The van der Waals surface area contributed by atoms with E-state index in [0.29, 0.717) is 0 Å². The van der Waals surface area contributed by atoms with Crippen LogP contribution in [0.2, 0.25) is 0 Å². The van der Waals surface area contributed by atoms with Crippen molar-refractivity contribution in [3.05, 3.63) is 35.9 Å². The molecule has 0 heterocycles. The van der Waals surface area contributed by atoms with E-state index < -0.39 is 0 Å². The van der Waals surface area contributed by atoms with Crippen LogP contribution < -0.4 is 0 Å². The molecule has 1 aromatic rings. The van der Waals surface area contributed by atoms with E-state index in [1.165, 1.54) is 50.5 Å². The Morgan fingerprint density at radius 1 is 1.12 bits per heavy atom. The summed E-state index contributed by atoms with van der Waals surface area (Å²) in [5, 5.41) is 0. The van der Waals surface area contributed by atoms with Gasteiger partial charge in [0.05, 0.1) is 0 Å². The van der Waals surface area contributed by atoms with Crippen LogP contribution in [-0.2, 0) is 6.42 Å². The Morgan fingerprint density at radius 2 is 1.81 bits per heavy atom. The van der Waals surface area contributed by atoms with E-state index >= 15 is 0 Å². The van der Waals surface area contributed by atoms with E-state index in [2.05, 4.69) is 37.3 Å². The van der Waals surface area contributed by atoms with Gasteiger partial charge in [-0.05, 0) is 36.7 Å². The van der Waals surface area contributed by atoms with Crippen molar-refractivity contribution >= 4 is 0 Å². The van der Waals surface area contributed by atoms with Gasteiger partial charge in [-0.25, -0.2) is 0 Å². The summed E-state index contributed by atoms with van der Waals surface area (Å²) in [5.74, 6) is 1.95. The summed E-state index contributed by atoms with van der Waals surface area (Å²) in [4.78, 5) is 0. The molecular weight excluding hydrogens is 192 g/mol. The molecular formula is C16H24. The summed E-state index contributed by atoms with van der Waals surface area (Å²) in [5.41, 5.74) is 1.50. The molecule has 16 heavy (non-hydrogen) atoms. The lowest BCUT2D eigenvalue weighted by atomic mass is 9.90. The zero-order valence-corrected chi connectivity index (χ0v) is 10.5. The number of aryl methyl sites for hydroxylation is 1. The Kier molecular flexibility index (Phi) is 4.44. The van der Waals surface area contributed by atoms with E-state index in [0.717, 1.165) is 11.8 Å². The lowest BCUT2D eigenvalue weighted by molar-refractivity contribution is 0.380. The van der Waals surface area contributed by atoms with Crippen LogP contribution in [-0.4, -0.2) is 0 Å². The molecule has 0 N–H and O–H groups in total. The van der Waals surface area contributed by atoms with Crippen molar-refractivity contribution in [1.29, 1.82) is 0 Å². The highest BCUT2D eigenvalue weighted by molar-refractivity contribution is 5.14. The maximum Gasteiger partial charge on any atom is -0.0276 e. The fourth-order valence-electron chi connectivity index (χ4n) is 2.99. The van der Waals surface area contributed by atoms with Gasteiger partial charge in [0, 0.05) is 0 Å². The molecule has 0 amide bonds. The van der Waals surface area contributed by atoms with Gasteiger partial charge in [-0.3, -0.25) is 0 Å². The summed E-state index contributed by atoms with van der Waals surface area (Å²) in [6, 6.07) is 10.9. The van der Waals surface area contributed by atoms with Crippen molar-refractivity contribution < 1.29 is 0 Å². The minimum absolute atomic E-state index is 0.906. The summed E-state index contributed by atoms with van der Waals surface area (Å²) in [6.07, 6.45) is 10.0. The second-order valence-corrected chi connectivity index (χ2v) is 5.52. The molecule has 1 fully saturated rings. The first-order valence-corrected chi connectivity index (χ1v) is 6.88. The van der Waals surface area contributed by atoms with Gasteiger partial charge in [0.15, 0.2) is 0 Å². The van der Waals surface area contributed by atoms with Crippen molar-refractivity contribution in [2.24, 2.45) is 11.8 Å². The maximum atomic E-state index is 2.43. The van der Waals surface area contributed by atoms with Crippen molar-refractivity contribution in [3.63, 3.8) is 0 Å². The first kappa shape index (κ1) is 11.7. The average Bonchev–Trinajstić information content (AvgIpc) is 2.81. The van der Waals surface area contributed by atoms with Gasteiger partial charge in [-0.1, -0.05) is 62.9 Å². The van der Waals surface area contributed by atoms with Gasteiger partial charge in [-0.15, -0.1) is 0 Å². The molecule has 0 nitrogen and oxygen atoms in total. The van der Waals surface area contributed by atoms with Crippen LogP contribution in [0.3, 0.4) is 0 Å². The van der Waals surface area contributed by atoms with Crippen LogP contribution in [0.25, 0.3) is 0 Å². The predicted molar refractivity (Wildman–Crippen MR) is 70.5 cm³/mol. The topological polar surface area (TPSA) is 0 Å². The molecule has 0 aromatic heterocycles. The van der Waals surface area contributed by atoms with Gasteiger partial charge < -0.3 is 0 Å². The van der Waals surface area contributed by atoms with E-state index in [1.807, 2.05) is 0 Å². The summed E-state index contributed by atoms with van der Waals surface area (Å²) < 4.78 is 0. The number of benzene rings is 1. The van der Waals surface area contributed by atoms with Crippen LogP contribution in [0, 0.1) is 11.8 Å². The number of rotatable bonds is 5. The molecule has 0 radical (unpaired) electrons. The highest BCUT2D eigenvalue weighted by Gasteiger charge is 2.17. The molecule has 1 aliphatic carbocycles. The van der Waals surface area contributed by atoms with Gasteiger partial charge in [0.1, 0.15) is 0 Å². The highest BCUT2D eigenvalue weighted by Crippen LogP contribution is 2.31. The molecule has 2 rings (SSSR count). The zero-order valence-electron chi connectivity index (χ0n) is 10.5. The van der Waals surface area contributed by atoms with E-state index in [4.69, 9.17) is 0 Å². The average molecular weight is 216 g/mol. The Labute approximate surface area is 100 Å². The Balaban J connectivity index is 1.69. The van der Waals surface area contributed by atoms with Crippen LogP contribution in [0.1, 0.15) is 51.0 Å². The largest absolute Gasteiger partial charge is 0.0625 e. The second kappa shape index (κ2) is 6.08. The molecule has 1 saturated carbocycles. The lowest BCUT2D eigenvalue weighted by Gasteiger charge is -2.16. The van der Waals surface area contributed by atoms with E-state index in [-0.39, 0.29) is 0 Å². The van der Waals surface area contributed by atoms with Crippen molar-refractivity contribution in [2.75, 3.05) is 0 Å². The second-order valence-electron chi connectivity index (χ2n) is 5.52. The molecule has 1 aromatic carbocycles. The molecule has 0 saturated heterocycles. The predicted octanol–water partition coefficient (Wildman–Crippen LogP) is 4.84. The molecule has 0 heteroatoms. The SMILES string of the molecule is C[C@H](CCc1ccccc1)CC1CCCC1. The Hall–Kier alpha value is -0.780. The van der Waals surface area contributed by atoms with Crippen LogP contribution in [0.4, 0.5) is 0 Å². The van der Waals surface area contributed by atoms with Crippen molar-refractivity contribution in [3.8, 4) is 0 Å². The normalized spacial score (nSPS) is 18.8. The quantitative estimate of drug-likeness (QED) is 0.661. The molecule has 0 bridgehead atoms. The van der Waals surface area contributed by atoms with Gasteiger partial charge in [0.2, 0.25) is 0 Å². The molecule has 0 unspecified atom stereocenters. The fraction of sp³-hybridized carbons (Fsp3) is 0.625. The van der Waals surface area contributed by atoms with Crippen molar-refractivity contribution in [2.45, 2.75) is 51.9 Å². The number of hydrogen-bond acceptors (Lipinski definition) is 0. The fourth-order valence-corrected chi connectivity index (χ4v) is 2.99. The Bertz CT molecular complexity index is 282. The van der Waals surface area contributed by atoms with Gasteiger partial charge in [-0.2, -0.15) is 0 Å². The molecule has 1 atom stereocenters. The minimum Gasteiger partial charge on any atom is -0.0625 e. The van der Waals surface area contributed by atoms with Crippen LogP contribution in [0.5, 0.6) is 0 Å². The lowest BCUT2D eigenvalue weighted by Crippen LogP contribution is -2.04. The standard InChI is InChI=1S/C16H24/c1-14(13-16-9-5-6-10-16)11-12-15-7-3-2-4-8-15/h2-4,7-8,14,16H,5-6,9-13H2,1H3/t14-/m1/s1. The first-order chi connectivity index (χ1) is 7.84. The summed E-state index contributed by atoms with van der Waals surface area (Å²) in [6.45, 7) is 2.43.